The average Bonchev–Trinajstić information content (AvgIpc) is 3.60. The molecule has 7 rings (SSSR count). The van der Waals surface area contributed by atoms with E-state index in [1.807, 2.05) is 60.7 Å². The number of ether oxygens (including phenoxy) is 1. The number of rotatable bonds is 12. The maximum atomic E-state index is 15.0. The van der Waals surface area contributed by atoms with Crippen LogP contribution in [-0.2, 0) is 31.8 Å². The Morgan fingerprint density at radius 3 is 2.25 bits per heavy atom. The van der Waals surface area contributed by atoms with Crippen molar-refractivity contribution in [2.75, 3.05) is 32.8 Å². The summed E-state index contributed by atoms with van der Waals surface area (Å²) in [4.78, 5) is 62.6. The van der Waals surface area contributed by atoms with E-state index in [4.69, 9.17) is 4.74 Å². The number of nitrogens with one attached hydrogen (secondary N) is 1. The first-order valence-corrected chi connectivity index (χ1v) is 19.7. The number of amides is 4. The molecule has 4 aliphatic rings. The lowest BCUT2D eigenvalue weighted by atomic mass is 9.87. The van der Waals surface area contributed by atoms with E-state index in [0.717, 1.165) is 49.2 Å². The lowest BCUT2D eigenvalue weighted by Gasteiger charge is -2.52. The number of β-lactam (4-membered cyclic amide) rings is 1. The maximum absolute atomic E-state index is 15.0. The normalized spacial score (nSPS) is 22.7. The van der Waals surface area contributed by atoms with Crippen LogP contribution in [0.15, 0.2) is 84.9 Å². The number of piperazine rings is 1. The molecule has 0 radical (unpaired) electrons. The Morgan fingerprint density at radius 1 is 0.877 bits per heavy atom. The molecule has 0 bridgehead atoms. The third kappa shape index (κ3) is 8.85. The van der Waals surface area contributed by atoms with Gasteiger partial charge in [0.1, 0.15) is 24.5 Å². The Balaban J connectivity index is 1.15. The second-order valence-electron chi connectivity index (χ2n) is 15.1. The smallest absolute Gasteiger partial charge is 0.419 e. The molecule has 3 saturated heterocycles. The summed E-state index contributed by atoms with van der Waals surface area (Å²) in [6.07, 6.45) is 3.63. The molecule has 3 aliphatic heterocycles. The maximum Gasteiger partial charge on any atom is 0.419 e. The summed E-state index contributed by atoms with van der Waals surface area (Å²) < 4.78 is 61.0. The quantitative estimate of drug-likeness (QED) is 0.165. The number of benzene rings is 3. The minimum absolute atomic E-state index is 0.0106. The molecule has 4 atom stereocenters. The number of halogens is 4. The number of hydrogen-bond acceptors (Lipinski definition) is 6. The van der Waals surface area contributed by atoms with Gasteiger partial charge in [-0.05, 0) is 36.5 Å². The predicted octanol–water partition coefficient (Wildman–Crippen LogP) is 6.57. The van der Waals surface area contributed by atoms with Crippen molar-refractivity contribution < 1.29 is 41.5 Å². The molecule has 1 aliphatic carbocycles. The molecule has 1 N–H and O–H groups in total. The summed E-state index contributed by atoms with van der Waals surface area (Å²) in [7, 11) is 0. The van der Waals surface area contributed by atoms with E-state index in [2.05, 4.69) is 10.2 Å². The monoisotopic (exact) mass is 789 g/mol. The van der Waals surface area contributed by atoms with Gasteiger partial charge in [-0.2, -0.15) is 13.2 Å². The number of carbonyl (C=O) groups is 4. The highest BCUT2D eigenvalue weighted by atomic mass is 19.4. The van der Waals surface area contributed by atoms with Gasteiger partial charge in [0.15, 0.2) is 0 Å². The Morgan fingerprint density at radius 2 is 1.56 bits per heavy atom. The summed E-state index contributed by atoms with van der Waals surface area (Å²) >= 11 is 0. The Hall–Kier alpha value is -5.24. The van der Waals surface area contributed by atoms with Gasteiger partial charge in [-0.3, -0.25) is 24.2 Å². The van der Waals surface area contributed by atoms with E-state index < -0.39 is 66.2 Å². The number of cyclic esters (lactones) is 1. The molecule has 3 aromatic carbocycles. The molecule has 4 amide bonds. The summed E-state index contributed by atoms with van der Waals surface area (Å²) in [5.41, 5.74) is -0.297. The van der Waals surface area contributed by atoms with Gasteiger partial charge >= 0.3 is 12.3 Å². The fraction of sp³-hybridized carbons (Fsp3) is 0.442. The molecule has 0 unspecified atom stereocenters. The molecule has 14 heteroatoms. The summed E-state index contributed by atoms with van der Waals surface area (Å²) in [6, 6.07) is 17.9. The molecule has 10 nitrogen and oxygen atoms in total. The van der Waals surface area contributed by atoms with Crippen molar-refractivity contribution in [3.05, 3.63) is 113 Å². The van der Waals surface area contributed by atoms with Gasteiger partial charge in [0.25, 0.3) is 0 Å². The van der Waals surface area contributed by atoms with Crippen molar-refractivity contribution in [2.24, 2.45) is 0 Å². The van der Waals surface area contributed by atoms with Crippen molar-refractivity contribution >= 4 is 29.9 Å². The third-order valence-electron chi connectivity index (χ3n) is 11.7. The summed E-state index contributed by atoms with van der Waals surface area (Å²) in [5.74, 6) is -3.02. The van der Waals surface area contributed by atoms with E-state index in [1.165, 1.54) is 29.1 Å². The van der Waals surface area contributed by atoms with E-state index in [1.54, 1.807) is 17.1 Å². The second kappa shape index (κ2) is 17.5. The Labute approximate surface area is 329 Å². The molecule has 0 aromatic heterocycles. The first kappa shape index (κ1) is 40.0. The number of alkyl halides is 3. The van der Waals surface area contributed by atoms with Crippen LogP contribution in [0.1, 0.15) is 73.2 Å². The van der Waals surface area contributed by atoms with Crippen LogP contribution in [0.4, 0.5) is 22.4 Å². The van der Waals surface area contributed by atoms with Gasteiger partial charge in [0.05, 0.1) is 17.6 Å². The molecule has 302 valence electrons. The highest BCUT2D eigenvalue weighted by Gasteiger charge is 2.58. The molecular weight excluding hydrogens is 742 g/mol. The van der Waals surface area contributed by atoms with Crippen LogP contribution < -0.4 is 5.32 Å². The first-order chi connectivity index (χ1) is 27.5. The van der Waals surface area contributed by atoms with Crippen molar-refractivity contribution in [3.63, 3.8) is 0 Å². The van der Waals surface area contributed by atoms with Crippen LogP contribution in [0.3, 0.4) is 0 Å². The number of likely N-dealkylation sites (tertiary alicyclic amines) is 1. The van der Waals surface area contributed by atoms with Crippen LogP contribution in [0, 0.1) is 5.82 Å². The highest BCUT2D eigenvalue weighted by Crippen LogP contribution is 2.39. The van der Waals surface area contributed by atoms with Gasteiger partial charge in [-0.25, -0.2) is 9.18 Å². The zero-order chi connectivity index (χ0) is 40.1. The number of hydrogen-bond donors (Lipinski definition) is 1. The third-order valence-corrected chi connectivity index (χ3v) is 11.7. The van der Waals surface area contributed by atoms with Crippen LogP contribution in [0.25, 0.3) is 6.08 Å². The van der Waals surface area contributed by atoms with Crippen LogP contribution in [-0.4, -0.2) is 100 Å². The number of nitrogens with zero attached hydrogens (tertiary/aromatic N) is 4. The molecule has 3 aromatic rings. The molecule has 0 spiro atoms. The lowest BCUT2D eigenvalue weighted by molar-refractivity contribution is -0.163. The fourth-order valence-electron chi connectivity index (χ4n) is 8.64. The standard InChI is InChI=1S/C43H47F4N5O5/c44-38-31(15-10-18-33(38)43(45,46)47)27-48-40(54)35(21-22-37(53)50-25-23-49(24-26-50)32-16-8-3-9-17-32)51-34(20-19-29-11-4-1-5-12-29)39(41(51)55)52-36(28-57-42(52)56)30-13-6-2-7-14-30/h1-2,4-7,10-15,18-20,32,34-36,39H,3,8-9,16-17,21-28H2,(H,48,54)/b20-19+/t34-,35+,36-,39+/m1/s1. The minimum Gasteiger partial charge on any atom is -0.447 e. The van der Waals surface area contributed by atoms with Crippen LogP contribution >= 0.6 is 0 Å². The van der Waals surface area contributed by atoms with E-state index in [-0.39, 0.29) is 30.9 Å². The predicted molar refractivity (Wildman–Crippen MR) is 204 cm³/mol. The van der Waals surface area contributed by atoms with Crippen molar-refractivity contribution in [3.8, 4) is 0 Å². The average molecular weight is 790 g/mol. The topological polar surface area (TPSA) is 103 Å². The van der Waals surface area contributed by atoms with E-state index in [0.29, 0.717) is 25.2 Å². The van der Waals surface area contributed by atoms with Gasteiger partial charge < -0.3 is 19.9 Å². The zero-order valence-corrected chi connectivity index (χ0v) is 31.6. The first-order valence-electron chi connectivity index (χ1n) is 19.7. The fourth-order valence-corrected chi connectivity index (χ4v) is 8.64. The van der Waals surface area contributed by atoms with Gasteiger partial charge in [-0.15, -0.1) is 0 Å². The van der Waals surface area contributed by atoms with Crippen molar-refractivity contribution in [1.29, 1.82) is 0 Å². The highest BCUT2D eigenvalue weighted by molar-refractivity contribution is 5.98. The van der Waals surface area contributed by atoms with Crippen molar-refractivity contribution in [1.82, 2.24) is 24.9 Å². The summed E-state index contributed by atoms with van der Waals surface area (Å²) in [5, 5.41) is 2.55. The summed E-state index contributed by atoms with van der Waals surface area (Å²) in [6.45, 7) is 1.98. The van der Waals surface area contributed by atoms with Gasteiger partial charge in [0.2, 0.25) is 17.7 Å². The number of carbonyl (C=O) groups excluding carboxylic acids is 4. The van der Waals surface area contributed by atoms with Gasteiger partial charge in [-0.1, -0.05) is 104 Å². The van der Waals surface area contributed by atoms with E-state index in [9.17, 15) is 32.3 Å². The molecule has 57 heavy (non-hydrogen) atoms. The second-order valence-corrected chi connectivity index (χ2v) is 15.1. The van der Waals surface area contributed by atoms with E-state index >= 15 is 4.39 Å². The SMILES string of the molecule is O=C(NCc1cccc(C(F)(F)F)c1F)[C@H](CCC(=O)N1CCN(C2CCCCC2)CC1)N1C(=O)[C@@H](N2C(=O)OC[C@@H]2c2ccccc2)[C@H]1/C=C/c1ccccc1. The Bertz CT molecular complexity index is 1930. The van der Waals surface area contributed by atoms with Crippen molar-refractivity contribution in [2.45, 2.75) is 87.9 Å². The molecule has 1 saturated carbocycles. The largest absolute Gasteiger partial charge is 0.447 e. The molecule has 4 fully saturated rings. The van der Waals surface area contributed by atoms with Crippen LogP contribution in [0.2, 0.25) is 0 Å². The zero-order valence-electron chi connectivity index (χ0n) is 31.6. The van der Waals surface area contributed by atoms with Gasteiger partial charge in [0, 0.05) is 50.7 Å². The minimum atomic E-state index is -4.94. The molecule has 3 heterocycles. The molecular formula is C43H47F4N5O5. The van der Waals surface area contributed by atoms with Crippen LogP contribution in [0.5, 0.6) is 0 Å². The Kier molecular flexibility index (Phi) is 12.3. The lowest BCUT2D eigenvalue weighted by Crippen LogP contribution is -2.74.